The molecule has 3 atom stereocenters. The number of ether oxygens (including phenoxy) is 3. The van der Waals surface area contributed by atoms with E-state index in [9.17, 15) is 0 Å². The summed E-state index contributed by atoms with van der Waals surface area (Å²) in [5.41, 5.74) is 1.15. The molecule has 1 aliphatic rings. The molecule has 2 aromatic carbocycles. The first kappa shape index (κ1) is 19.4. The van der Waals surface area contributed by atoms with Crippen LogP contribution in [0.3, 0.4) is 0 Å². The van der Waals surface area contributed by atoms with E-state index in [1.165, 1.54) is 0 Å². The molecule has 0 saturated carbocycles. The molecule has 0 aromatic heterocycles. The summed E-state index contributed by atoms with van der Waals surface area (Å²) >= 11 is 0. The van der Waals surface area contributed by atoms with E-state index in [1.807, 2.05) is 56.0 Å². The van der Waals surface area contributed by atoms with E-state index < -0.39 is 0 Å². The molecule has 0 spiro atoms. The van der Waals surface area contributed by atoms with Gasteiger partial charge < -0.3 is 14.2 Å². The molecule has 4 heteroatoms. The number of rotatable bonds is 5. The van der Waals surface area contributed by atoms with Crippen LogP contribution < -0.4 is 78.4 Å². The molecule has 2 unspecified atom stereocenters. The molecule has 3 nitrogen and oxygen atoms in total. The second-order valence-corrected chi connectivity index (χ2v) is 5.68. The van der Waals surface area contributed by atoms with E-state index in [-0.39, 0.29) is 81.3 Å². The van der Waals surface area contributed by atoms with Crippen molar-refractivity contribution in [2.75, 3.05) is 0 Å². The quantitative estimate of drug-likeness (QED) is 0.677. The molecule has 1 fully saturated rings. The van der Waals surface area contributed by atoms with Crippen LogP contribution in [0.1, 0.15) is 31.9 Å². The molecule has 1 aliphatic heterocycles. The predicted molar refractivity (Wildman–Crippen MR) is 85.5 cm³/mol. The summed E-state index contributed by atoms with van der Waals surface area (Å²) in [5, 5.41) is 0. The topological polar surface area (TPSA) is 27.7 Å². The van der Waals surface area contributed by atoms with Crippen molar-refractivity contribution in [2.24, 2.45) is 5.92 Å². The first-order chi connectivity index (χ1) is 10.7. The molecule has 0 bridgehead atoms. The predicted octanol–water partition coefficient (Wildman–Crippen LogP) is 1.75. The largest absolute Gasteiger partial charge is 1.00 e. The third-order valence-corrected chi connectivity index (χ3v) is 3.68. The summed E-state index contributed by atoms with van der Waals surface area (Å²) in [6.45, 7) is 5.99. The van der Waals surface area contributed by atoms with Gasteiger partial charge >= 0.3 is 68.9 Å². The molecule has 116 valence electrons. The van der Waals surface area contributed by atoms with Crippen molar-refractivity contribution in [2.45, 2.75) is 32.7 Å². The molecule has 0 radical (unpaired) electrons. The van der Waals surface area contributed by atoms with Gasteiger partial charge in [0.15, 0.2) is 6.29 Å². The zero-order valence-electron chi connectivity index (χ0n) is 13.9. The van der Waals surface area contributed by atoms with Crippen LogP contribution in [0, 0.1) is 12.5 Å². The SMILES string of the molecule is CC(Oc1cccc(OC2C[C@@H](C)[CH-]O2)c1)c1ccccc1.[Cs+]. The van der Waals surface area contributed by atoms with Crippen molar-refractivity contribution in [1.29, 1.82) is 0 Å². The van der Waals surface area contributed by atoms with Crippen LogP contribution in [0.4, 0.5) is 0 Å². The van der Waals surface area contributed by atoms with E-state index in [4.69, 9.17) is 14.2 Å². The fourth-order valence-electron chi connectivity index (χ4n) is 2.48. The van der Waals surface area contributed by atoms with Crippen LogP contribution in [-0.4, -0.2) is 6.29 Å². The summed E-state index contributed by atoms with van der Waals surface area (Å²) in [7, 11) is 0. The summed E-state index contributed by atoms with van der Waals surface area (Å²) < 4.78 is 17.3. The minimum atomic E-state index is -0.197. The molecule has 0 amide bonds. The standard InChI is InChI=1S/C19H21O3.Cs/c1-14-11-19(20-13-14)22-18-10-6-9-17(12-18)21-15(2)16-7-4-3-5-8-16;/h3-10,12-15,19H,11H2,1-2H3;/q-1;+1/t14-,15?,19?;/m1./s1. The van der Waals surface area contributed by atoms with Gasteiger partial charge in [0.1, 0.15) is 17.6 Å². The van der Waals surface area contributed by atoms with Gasteiger partial charge in [-0.05, 0) is 31.0 Å². The molecule has 0 N–H and O–H groups in total. The molecular weight excluding hydrogens is 409 g/mol. The van der Waals surface area contributed by atoms with Crippen molar-refractivity contribution in [3.05, 3.63) is 66.8 Å². The molecule has 23 heavy (non-hydrogen) atoms. The Bertz CT molecular complexity index is 603. The average molecular weight is 430 g/mol. The van der Waals surface area contributed by atoms with Gasteiger partial charge in [-0.2, -0.15) is 0 Å². The number of hydrogen-bond acceptors (Lipinski definition) is 3. The Hall–Kier alpha value is 0.0519. The molecular formula is C19H21CsO3. The Kier molecular flexibility index (Phi) is 8.01. The van der Waals surface area contributed by atoms with E-state index in [0.717, 1.165) is 23.5 Å². The zero-order valence-corrected chi connectivity index (χ0v) is 20.2. The van der Waals surface area contributed by atoms with Gasteiger partial charge in [-0.3, -0.25) is 0 Å². The zero-order chi connectivity index (χ0) is 15.4. The molecule has 2 aromatic rings. The van der Waals surface area contributed by atoms with E-state index in [1.54, 1.807) is 0 Å². The maximum Gasteiger partial charge on any atom is 1.00 e. The Morgan fingerprint density at radius 1 is 1.09 bits per heavy atom. The maximum atomic E-state index is 6.00. The van der Waals surface area contributed by atoms with Gasteiger partial charge in [0.05, 0.1) is 0 Å². The van der Waals surface area contributed by atoms with Gasteiger partial charge in [-0.25, -0.2) is 6.61 Å². The fourth-order valence-corrected chi connectivity index (χ4v) is 2.48. The third kappa shape index (κ3) is 5.81. The fraction of sp³-hybridized carbons (Fsp3) is 0.316. The van der Waals surface area contributed by atoms with Crippen molar-refractivity contribution >= 4 is 0 Å². The van der Waals surface area contributed by atoms with E-state index >= 15 is 0 Å². The second-order valence-electron chi connectivity index (χ2n) is 5.68. The molecule has 3 rings (SSSR count). The van der Waals surface area contributed by atoms with Crippen LogP contribution in [0.25, 0.3) is 0 Å². The van der Waals surface area contributed by atoms with Gasteiger partial charge in [-0.15, -0.1) is 5.92 Å². The molecule has 0 aliphatic carbocycles. The Balaban J connectivity index is 0.00000192. The monoisotopic (exact) mass is 430 g/mol. The van der Waals surface area contributed by atoms with Crippen LogP contribution in [-0.2, 0) is 4.74 Å². The van der Waals surface area contributed by atoms with Crippen molar-refractivity contribution < 1.29 is 83.1 Å². The van der Waals surface area contributed by atoms with Crippen molar-refractivity contribution in [1.82, 2.24) is 0 Å². The number of benzene rings is 2. The average Bonchev–Trinajstić information content (AvgIpc) is 2.93. The molecule has 1 heterocycles. The maximum absolute atomic E-state index is 6.00. The first-order valence-corrected chi connectivity index (χ1v) is 7.68. The smallest absolute Gasteiger partial charge is 0.520 e. The minimum Gasteiger partial charge on any atom is -0.520 e. The van der Waals surface area contributed by atoms with Gasteiger partial charge in [-0.1, -0.05) is 43.3 Å². The minimum absolute atomic E-state index is 0. The van der Waals surface area contributed by atoms with Gasteiger partial charge in [0.25, 0.3) is 0 Å². The van der Waals surface area contributed by atoms with Crippen molar-refractivity contribution in [3.8, 4) is 11.5 Å². The Morgan fingerprint density at radius 2 is 1.83 bits per heavy atom. The van der Waals surface area contributed by atoms with E-state index in [0.29, 0.717) is 5.92 Å². The van der Waals surface area contributed by atoms with Crippen LogP contribution in [0.2, 0.25) is 0 Å². The summed E-state index contributed by atoms with van der Waals surface area (Å²) in [4.78, 5) is 0. The summed E-state index contributed by atoms with van der Waals surface area (Å²) in [6, 6.07) is 17.9. The Labute approximate surface area is 197 Å². The van der Waals surface area contributed by atoms with Crippen LogP contribution in [0.15, 0.2) is 54.6 Å². The van der Waals surface area contributed by atoms with E-state index in [2.05, 4.69) is 19.1 Å². The van der Waals surface area contributed by atoms with Crippen LogP contribution >= 0.6 is 0 Å². The van der Waals surface area contributed by atoms with Crippen LogP contribution in [0.5, 0.6) is 11.5 Å². The van der Waals surface area contributed by atoms with Gasteiger partial charge in [0.2, 0.25) is 0 Å². The van der Waals surface area contributed by atoms with Crippen molar-refractivity contribution in [3.63, 3.8) is 0 Å². The normalized spacial score (nSPS) is 21.3. The first-order valence-electron chi connectivity index (χ1n) is 7.68. The Morgan fingerprint density at radius 3 is 2.52 bits per heavy atom. The van der Waals surface area contributed by atoms with Gasteiger partial charge in [0, 0.05) is 6.07 Å². The summed E-state index contributed by atoms with van der Waals surface area (Å²) in [6.07, 6.45) is 0.676. The second kappa shape index (κ2) is 9.51. The number of hydrogen-bond donors (Lipinski definition) is 0. The summed E-state index contributed by atoms with van der Waals surface area (Å²) in [5.74, 6) is 2.00. The third-order valence-electron chi connectivity index (χ3n) is 3.68. The molecule has 1 saturated heterocycles.